The molecule has 0 unspecified atom stereocenters. The first kappa shape index (κ1) is 13.6. The Morgan fingerprint density at radius 2 is 1.81 bits per heavy atom. The average Bonchev–Trinajstić information content (AvgIpc) is 2.46. The fraction of sp³-hybridized carbons (Fsp3) is 0.125. The molecule has 0 saturated heterocycles. The van der Waals surface area contributed by atoms with E-state index in [0.29, 0.717) is 11.0 Å². The minimum Gasteiger partial charge on any atom is -0.362 e. The molecule has 2 aromatic carbocycles. The van der Waals surface area contributed by atoms with Gasteiger partial charge in [-0.15, -0.1) is 0 Å². The van der Waals surface area contributed by atoms with Gasteiger partial charge in [-0.2, -0.15) is 4.98 Å². The van der Waals surface area contributed by atoms with Crippen LogP contribution >= 0.6 is 11.6 Å². The highest BCUT2D eigenvalue weighted by Gasteiger charge is 2.09. The van der Waals surface area contributed by atoms with Gasteiger partial charge in [0, 0.05) is 30.2 Å². The van der Waals surface area contributed by atoms with Crippen LogP contribution in [0.25, 0.3) is 10.9 Å². The van der Waals surface area contributed by atoms with Crippen LogP contribution in [0.2, 0.25) is 5.02 Å². The Hall–Kier alpha value is -2.33. The summed E-state index contributed by atoms with van der Waals surface area (Å²) in [4.78, 5) is 11.1. The van der Waals surface area contributed by atoms with Crippen molar-refractivity contribution in [2.75, 3.05) is 24.3 Å². The van der Waals surface area contributed by atoms with Gasteiger partial charge >= 0.3 is 0 Å². The molecule has 0 saturated carbocycles. The Labute approximate surface area is 128 Å². The van der Waals surface area contributed by atoms with Crippen LogP contribution in [-0.2, 0) is 0 Å². The van der Waals surface area contributed by atoms with Crippen LogP contribution in [0.5, 0.6) is 0 Å². The van der Waals surface area contributed by atoms with E-state index < -0.39 is 0 Å². The van der Waals surface area contributed by atoms with Crippen LogP contribution < -0.4 is 10.2 Å². The van der Waals surface area contributed by atoms with Crippen molar-refractivity contribution >= 4 is 40.0 Å². The van der Waals surface area contributed by atoms with Crippen molar-refractivity contribution in [3.05, 3.63) is 53.6 Å². The quantitative estimate of drug-likeness (QED) is 0.790. The number of hydrogen-bond acceptors (Lipinski definition) is 4. The lowest BCUT2D eigenvalue weighted by atomic mass is 10.2. The molecule has 0 aliphatic carbocycles. The number of para-hydroxylation sites is 1. The zero-order valence-electron chi connectivity index (χ0n) is 11.8. The van der Waals surface area contributed by atoms with Crippen LogP contribution in [0.1, 0.15) is 0 Å². The molecule has 0 spiro atoms. The lowest BCUT2D eigenvalue weighted by molar-refractivity contribution is 1.06. The Balaban J connectivity index is 2.07. The molecule has 0 fully saturated rings. The molecule has 0 aliphatic heterocycles. The lowest BCUT2D eigenvalue weighted by Gasteiger charge is -2.15. The first-order valence-corrected chi connectivity index (χ1v) is 6.98. The van der Waals surface area contributed by atoms with Crippen molar-refractivity contribution in [3.63, 3.8) is 0 Å². The van der Waals surface area contributed by atoms with E-state index in [0.717, 1.165) is 22.4 Å². The Morgan fingerprint density at radius 3 is 2.57 bits per heavy atom. The minimum absolute atomic E-state index is 0.555. The molecule has 0 aliphatic rings. The van der Waals surface area contributed by atoms with Gasteiger partial charge in [0.2, 0.25) is 5.95 Å². The smallest absolute Gasteiger partial charge is 0.229 e. The Morgan fingerprint density at radius 1 is 1.00 bits per heavy atom. The summed E-state index contributed by atoms with van der Waals surface area (Å²) in [5, 5.41) is 4.90. The minimum atomic E-state index is 0.555. The van der Waals surface area contributed by atoms with E-state index in [1.54, 1.807) is 0 Å². The van der Waals surface area contributed by atoms with Gasteiger partial charge in [-0.3, -0.25) is 0 Å². The molecular formula is C16H15ClN4. The van der Waals surface area contributed by atoms with E-state index in [4.69, 9.17) is 11.6 Å². The van der Waals surface area contributed by atoms with E-state index in [9.17, 15) is 0 Å². The van der Waals surface area contributed by atoms with Gasteiger partial charge in [0.05, 0.1) is 5.52 Å². The number of fused-ring (bicyclic) bond motifs is 1. The molecule has 21 heavy (non-hydrogen) atoms. The summed E-state index contributed by atoms with van der Waals surface area (Å²) in [6.07, 6.45) is 0. The molecule has 0 amide bonds. The summed E-state index contributed by atoms with van der Waals surface area (Å²) in [7, 11) is 3.94. The molecule has 5 heteroatoms. The normalized spacial score (nSPS) is 10.6. The maximum Gasteiger partial charge on any atom is 0.229 e. The number of benzene rings is 2. The third-order valence-corrected chi connectivity index (χ3v) is 3.32. The summed E-state index contributed by atoms with van der Waals surface area (Å²) in [5.41, 5.74) is 1.77. The highest BCUT2D eigenvalue weighted by Crippen LogP contribution is 2.25. The molecule has 106 valence electrons. The first-order chi connectivity index (χ1) is 10.1. The first-order valence-electron chi connectivity index (χ1n) is 6.60. The van der Waals surface area contributed by atoms with E-state index in [1.807, 2.05) is 67.5 Å². The maximum absolute atomic E-state index is 6.00. The third kappa shape index (κ3) is 2.90. The number of halogens is 1. The largest absolute Gasteiger partial charge is 0.362 e. The summed E-state index contributed by atoms with van der Waals surface area (Å²) < 4.78 is 0. The van der Waals surface area contributed by atoms with Gasteiger partial charge in [-0.25, -0.2) is 4.98 Å². The number of nitrogens with one attached hydrogen (secondary N) is 1. The zero-order valence-corrected chi connectivity index (χ0v) is 12.6. The molecular weight excluding hydrogens is 284 g/mol. The second-order valence-electron chi connectivity index (χ2n) is 4.92. The third-order valence-electron chi connectivity index (χ3n) is 3.09. The maximum atomic E-state index is 6.00. The number of anilines is 3. The van der Waals surface area contributed by atoms with Crippen LogP contribution in [0.4, 0.5) is 17.5 Å². The topological polar surface area (TPSA) is 41.1 Å². The highest BCUT2D eigenvalue weighted by atomic mass is 35.5. The summed E-state index contributed by atoms with van der Waals surface area (Å²) in [5.74, 6) is 1.43. The molecule has 0 bridgehead atoms. The van der Waals surface area contributed by atoms with Crippen LogP contribution in [-0.4, -0.2) is 24.1 Å². The van der Waals surface area contributed by atoms with Gasteiger partial charge in [-0.1, -0.05) is 29.8 Å². The second-order valence-corrected chi connectivity index (χ2v) is 5.35. The molecule has 3 aromatic rings. The SMILES string of the molecule is CN(C)c1nc(Nc2cccc(Cl)c2)nc2ccccc12. The number of nitrogens with zero attached hydrogens (tertiary/aromatic N) is 3. The summed E-state index contributed by atoms with van der Waals surface area (Å²) >= 11 is 6.00. The molecule has 1 aromatic heterocycles. The van der Waals surface area contributed by atoms with Crippen molar-refractivity contribution in [1.29, 1.82) is 0 Å². The molecule has 1 N–H and O–H groups in total. The van der Waals surface area contributed by atoms with Gasteiger partial charge < -0.3 is 10.2 Å². The van der Waals surface area contributed by atoms with Crippen molar-refractivity contribution in [2.45, 2.75) is 0 Å². The average molecular weight is 299 g/mol. The number of rotatable bonds is 3. The van der Waals surface area contributed by atoms with Crippen molar-refractivity contribution in [1.82, 2.24) is 9.97 Å². The molecule has 1 heterocycles. The highest BCUT2D eigenvalue weighted by molar-refractivity contribution is 6.30. The molecule has 3 rings (SSSR count). The van der Waals surface area contributed by atoms with Crippen LogP contribution in [0.15, 0.2) is 48.5 Å². The van der Waals surface area contributed by atoms with Gasteiger partial charge in [0.15, 0.2) is 0 Å². The fourth-order valence-electron chi connectivity index (χ4n) is 2.15. The van der Waals surface area contributed by atoms with Crippen molar-refractivity contribution in [2.24, 2.45) is 0 Å². The summed E-state index contributed by atoms with van der Waals surface area (Å²) in [6, 6.07) is 15.5. The zero-order chi connectivity index (χ0) is 14.8. The van der Waals surface area contributed by atoms with E-state index in [1.165, 1.54) is 0 Å². The molecule has 4 nitrogen and oxygen atoms in total. The fourth-order valence-corrected chi connectivity index (χ4v) is 2.34. The molecule has 0 radical (unpaired) electrons. The number of aromatic nitrogens is 2. The lowest BCUT2D eigenvalue weighted by Crippen LogP contribution is -2.13. The van der Waals surface area contributed by atoms with E-state index in [-0.39, 0.29) is 0 Å². The monoisotopic (exact) mass is 298 g/mol. The van der Waals surface area contributed by atoms with Crippen molar-refractivity contribution in [3.8, 4) is 0 Å². The van der Waals surface area contributed by atoms with Crippen molar-refractivity contribution < 1.29 is 0 Å². The van der Waals surface area contributed by atoms with Gasteiger partial charge in [-0.05, 0) is 30.3 Å². The standard InChI is InChI=1S/C16H15ClN4/c1-21(2)15-13-8-3-4-9-14(13)19-16(20-15)18-12-7-5-6-11(17)10-12/h3-10H,1-2H3,(H,18,19,20). The van der Waals surface area contributed by atoms with Crippen LogP contribution in [0, 0.1) is 0 Å². The molecule has 0 atom stereocenters. The van der Waals surface area contributed by atoms with Crippen LogP contribution in [0.3, 0.4) is 0 Å². The Bertz CT molecular complexity index is 786. The van der Waals surface area contributed by atoms with Gasteiger partial charge in [0.25, 0.3) is 0 Å². The second kappa shape index (κ2) is 5.58. The van der Waals surface area contributed by atoms with E-state index >= 15 is 0 Å². The Kier molecular flexibility index (Phi) is 3.62. The van der Waals surface area contributed by atoms with E-state index in [2.05, 4.69) is 15.3 Å². The number of hydrogen-bond donors (Lipinski definition) is 1. The summed E-state index contributed by atoms with van der Waals surface area (Å²) in [6.45, 7) is 0. The van der Waals surface area contributed by atoms with Gasteiger partial charge in [0.1, 0.15) is 5.82 Å². The predicted molar refractivity (Wildman–Crippen MR) is 88.6 cm³/mol. The predicted octanol–water partition coefficient (Wildman–Crippen LogP) is 4.09.